The highest BCUT2D eigenvalue weighted by atomic mass is 16.3. The molecule has 4 aromatic rings. The fourth-order valence-electron chi connectivity index (χ4n) is 3.37. The minimum Gasteiger partial charge on any atom is -0.506 e. The summed E-state index contributed by atoms with van der Waals surface area (Å²) in [6.45, 7) is 4.29. The molecule has 0 atom stereocenters. The number of nitrogens with zero attached hydrogens (tertiary/aromatic N) is 1. The molecular formula is C18H17N2O+. The van der Waals surface area contributed by atoms with Gasteiger partial charge in [-0.3, -0.25) is 0 Å². The smallest absolute Gasteiger partial charge is 0.176 e. The number of phenolic OH excluding ortho intramolecular Hbond substituents is 1. The van der Waals surface area contributed by atoms with Crippen molar-refractivity contribution in [2.45, 2.75) is 13.8 Å². The Morgan fingerprint density at radius 2 is 1.76 bits per heavy atom. The van der Waals surface area contributed by atoms with Crippen LogP contribution in [0.5, 0.6) is 5.75 Å². The van der Waals surface area contributed by atoms with Crippen LogP contribution >= 0.6 is 0 Å². The maximum atomic E-state index is 10.1. The summed E-state index contributed by atoms with van der Waals surface area (Å²) in [7, 11) is 2.04. The Labute approximate surface area is 122 Å². The fraction of sp³-hybridized carbons (Fsp3) is 0.167. The third kappa shape index (κ3) is 1.51. The van der Waals surface area contributed by atoms with Crippen LogP contribution in [0, 0.1) is 13.8 Å². The van der Waals surface area contributed by atoms with Crippen LogP contribution in [0.3, 0.4) is 0 Å². The van der Waals surface area contributed by atoms with Crippen LogP contribution in [0.2, 0.25) is 0 Å². The molecule has 0 radical (unpaired) electrons. The lowest BCUT2D eigenvalue weighted by Crippen LogP contribution is -2.26. The lowest BCUT2D eigenvalue weighted by molar-refractivity contribution is -0.670. The van der Waals surface area contributed by atoms with Gasteiger partial charge in [-0.2, -0.15) is 0 Å². The molecule has 2 aromatic heterocycles. The number of para-hydroxylation sites is 1. The highest BCUT2D eigenvalue weighted by Crippen LogP contribution is 2.38. The predicted molar refractivity (Wildman–Crippen MR) is 85.6 cm³/mol. The van der Waals surface area contributed by atoms with Gasteiger partial charge in [0.1, 0.15) is 12.8 Å². The number of aromatic nitrogens is 2. The number of rotatable bonds is 0. The number of benzene rings is 2. The molecular weight excluding hydrogens is 260 g/mol. The topological polar surface area (TPSA) is 39.9 Å². The van der Waals surface area contributed by atoms with Crippen molar-refractivity contribution in [3.05, 3.63) is 47.8 Å². The Morgan fingerprint density at radius 3 is 2.57 bits per heavy atom. The molecule has 4 rings (SSSR count). The van der Waals surface area contributed by atoms with E-state index < -0.39 is 0 Å². The minimum absolute atomic E-state index is 0.303. The van der Waals surface area contributed by atoms with E-state index >= 15 is 0 Å². The first-order chi connectivity index (χ1) is 10.1. The summed E-state index contributed by atoms with van der Waals surface area (Å²) in [5.74, 6) is 0.303. The normalized spacial score (nSPS) is 11.8. The van der Waals surface area contributed by atoms with Gasteiger partial charge in [0.2, 0.25) is 0 Å². The van der Waals surface area contributed by atoms with Crippen molar-refractivity contribution in [2.75, 3.05) is 0 Å². The predicted octanol–water partition coefficient (Wildman–Crippen LogP) is 3.62. The third-order valence-corrected chi connectivity index (χ3v) is 4.47. The van der Waals surface area contributed by atoms with E-state index in [-0.39, 0.29) is 0 Å². The van der Waals surface area contributed by atoms with E-state index in [4.69, 9.17) is 0 Å². The maximum Gasteiger partial charge on any atom is 0.176 e. The monoisotopic (exact) mass is 277 g/mol. The van der Waals surface area contributed by atoms with Gasteiger partial charge in [-0.1, -0.05) is 12.1 Å². The molecule has 0 aliphatic carbocycles. The van der Waals surface area contributed by atoms with Crippen LogP contribution in [-0.4, -0.2) is 10.1 Å². The van der Waals surface area contributed by atoms with Crippen LogP contribution in [0.4, 0.5) is 0 Å². The fourth-order valence-corrected chi connectivity index (χ4v) is 3.37. The number of aryl methyl sites for hydroxylation is 3. The summed E-state index contributed by atoms with van der Waals surface area (Å²) < 4.78 is 2.08. The van der Waals surface area contributed by atoms with Crippen LogP contribution < -0.4 is 4.57 Å². The first-order valence-electron chi connectivity index (χ1n) is 7.09. The van der Waals surface area contributed by atoms with E-state index in [0.29, 0.717) is 5.75 Å². The van der Waals surface area contributed by atoms with Crippen molar-refractivity contribution < 1.29 is 9.67 Å². The summed E-state index contributed by atoms with van der Waals surface area (Å²) in [6.07, 6.45) is 4.24. The third-order valence-electron chi connectivity index (χ3n) is 4.47. The van der Waals surface area contributed by atoms with E-state index in [1.54, 1.807) is 6.07 Å². The zero-order valence-electron chi connectivity index (χ0n) is 12.4. The van der Waals surface area contributed by atoms with Crippen molar-refractivity contribution in [2.24, 2.45) is 7.05 Å². The van der Waals surface area contributed by atoms with Gasteiger partial charge in [0.15, 0.2) is 12.4 Å². The average molecular weight is 277 g/mol. The van der Waals surface area contributed by atoms with Gasteiger partial charge in [0, 0.05) is 22.2 Å². The zero-order valence-corrected chi connectivity index (χ0v) is 12.4. The van der Waals surface area contributed by atoms with Crippen LogP contribution in [0.25, 0.3) is 32.6 Å². The van der Waals surface area contributed by atoms with Crippen LogP contribution in [0.15, 0.2) is 36.7 Å². The molecule has 2 N–H and O–H groups in total. The van der Waals surface area contributed by atoms with E-state index in [1.807, 2.05) is 13.1 Å². The molecule has 0 aliphatic rings. The highest BCUT2D eigenvalue weighted by Gasteiger charge is 2.16. The van der Waals surface area contributed by atoms with Gasteiger partial charge >= 0.3 is 0 Å². The van der Waals surface area contributed by atoms with E-state index in [9.17, 15) is 5.11 Å². The molecule has 0 bridgehead atoms. The molecule has 104 valence electrons. The summed E-state index contributed by atoms with van der Waals surface area (Å²) in [6, 6.07) is 7.84. The van der Waals surface area contributed by atoms with Crippen LogP contribution in [0.1, 0.15) is 11.1 Å². The molecule has 0 saturated heterocycles. The Morgan fingerprint density at radius 1 is 0.952 bits per heavy atom. The Bertz CT molecular complexity index is 1030. The van der Waals surface area contributed by atoms with Crippen molar-refractivity contribution in [1.29, 1.82) is 0 Å². The molecule has 3 nitrogen and oxygen atoms in total. The van der Waals surface area contributed by atoms with Gasteiger partial charge in [-0.25, -0.2) is 4.57 Å². The largest absolute Gasteiger partial charge is 0.506 e. The number of fused-ring (bicyclic) bond motifs is 4. The Kier molecular flexibility index (Phi) is 2.31. The Hall–Kier alpha value is -2.55. The molecule has 2 aromatic carbocycles. The number of hydrogen-bond donors (Lipinski definition) is 2. The standard InChI is InChI=1S/C18H16N2O/c1-10-14-9-20(3)8-7-12(14)11(2)17-16(10)13-5-4-6-15(21)18(13)19-17/h4-9,21H,1-3H3/p+1. The first-order valence-corrected chi connectivity index (χ1v) is 7.09. The van der Waals surface area contributed by atoms with Gasteiger partial charge in [-0.05, 0) is 36.4 Å². The van der Waals surface area contributed by atoms with Crippen molar-refractivity contribution in [3.8, 4) is 5.75 Å². The second kappa shape index (κ2) is 3.98. The molecule has 0 spiro atoms. The number of nitrogens with one attached hydrogen (secondary N) is 1. The van der Waals surface area contributed by atoms with Crippen LogP contribution in [-0.2, 0) is 7.05 Å². The summed E-state index contributed by atoms with van der Waals surface area (Å²) in [5.41, 5.74) is 4.41. The number of aromatic amines is 1. The number of aromatic hydroxyl groups is 1. The van der Waals surface area contributed by atoms with Gasteiger partial charge < -0.3 is 10.1 Å². The molecule has 0 amide bonds. The average Bonchev–Trinajstić information content (AvgIpc) is 2.86. The molecule has 0 aliphatic heterocycles. The molecule has 2 heterocycles. The second-order valence-electron chi connectivity index (χ2n) is 5.76. The number of phenols is 1. The second-order valence-corrected chi connectivity index (χ2v) is 5.76. The first kappa shape index (κ1) is 12.2. The van der Waals surface area contributed by atoms with E-state index in [2.05, 4.69) is 47.9 Å². The lowest BCUT2D eigenvalue weighted by atomic mass is 9.97. The SMILES string of the molecule is Cc1c2cc[n+](C)cc2c(C)c2c1[nH]c1c(O)cccc12. The zero-order chi connectivity index (χ0) is 14.7. The molecule has 0 fully saturated rings. The summed E-state index contributed by atoms with van der Waals surface area (Å²) in [5, 5.41) is 14.9. The quantitative estimate of drug-likeness (QED) is 0.473. The van der Waals surface area contributed by atoms with Gasteiger partial charge in [0.25, 0.3) is 0 Å². The lowest BCUT2D eigenvalue weighted by Gasteiger charge is -2.07. The van der Waals surface area contributed by atoms with Crippen molar-refractivity contribution in [1.82, 2.24) is 4.98 Å². The summed E-state index contributed by atoms with van der Waals surface area (Å²) >= 11 is 0. The van der Waals surface area contributed by atoms with Crippen molar-refractivity contribution >= 4 is 32.6 Å². The van der Waals surface area contributed by atoms with E-state index in [1.165, 1.54) is 27.3 Å². The minimum atomic E-state index is 0.303. The van der Waals surface area contributed by atoms with Gasteiger partial charge in [0.05, 0.1) is 11.0 Å². The molecule has 0 unspecified atom stereocenters. The van der Waals surface area contributed by atoms with Crippen molar-refractivity contribution in [3.63, 3.8) is 0 Å². The molecule has 21 heavy (non-hydrogen) atoms. The maximum absolute atomic E-state index is 10.1. The molecule has 0 saturated carbocycles. The number of H-pyrrole nitrogens is 1. The number of hydrogen-bond acceptors (Lipinski definition) is 1. The highest BCUT2D eigenvalue weighted by molar-refractivity contribution is 6.17. The Balaban J connectivity index is 2.36. The number of pyridine rings is 1. The summed E-state index contributed by atoms with van der Waals surface area (Å²) in [4.78, 5) is 3.41. The van der Waals surface area contributed by atoms with Gasteiger partial charge in [-0.15, -0.1) is 0 Å². The molecule has 3 heteroatoms. The van der Waals surface area contributed by atoms with E-state index in [0.717, 1.165) is 16.4 Å².